The summed E-state index contributed by atoms with van der Waals surface area (Å²) in [5.74, 6) is 3.42. The molecule has 120 valence electrons. The van der Waals surface area contributed by atoms with Crippen LogP contribution in [0.2, 0.25) is 0 Å². The number of benzene rings is 1. The Kier molecular flexibility index (Phi) is 4.70. The number of ether oxygens (including phenoxy) is 1. The molecule has 3 heteroatoms. The first-order valence-electron chi connectivity index (χ1n) is 8.60. The maximum atomic E-state index is 12.1. The maximum Gasteiger partial charge on any atom is 0.223 e. The van der Waals surface area contributed by atoms with Gasteiger partial charge >= 0.3 is 0 Å². The van der Waals surface area contributed by atoms with Crippen LogP contribution < -0.4 is 10.1 Å². The second-order valence-corrected chi connectivity index (χ2v) is 7.11. The van der Waals surface area contributed by atoms with Crippen molar-refractivity contribution in [1.29, 1.82) is 0 Å². The van der Waals surface area contributed by atoms with Gasteiger partial charge in [0.15, 0.2) is 0 Å². The molecule has 2 aliphatic rings. The monoisotopic (exact) mass is 301 g/mol. The van der Waals surface area contributed by atoms with Gasteiger partial charge in [-0.05, 0) is 63.0 Å². The number of rotatable bonds is 6. The molecule has 22 heavy (non-hydrogen) atoms. The van der Waals surface area contributed by atoms with Gasteiger partial charge in [0.1, 0.15) is 5.75 Å². The molecular weight excluding hydrogens is 274 g/mol. The van der Waals surface area contributed by atoms with Crippen molar-refractivity contribution in [3.8, 4) is 5.75 Å². The van der Waals surface area contributed by atoms with Crippen LogP contribution in [-0.4, -0.2) is 18.6 Å². The van der Waals surface area contributed by atoms with E-state index < -0.39 is 0 Å². The van der Waals surface area contributed by atoms with Gasteiger partial charge in [0.05, 0.1) is 13.0 Å². The second kappa shape index (κ2) is 6.72. The van der Waals surface area contributed by atoms with E-state index in [0.29, 0.717) is 25.0 Å². The molecule has 4 unspecified atom stereocenters. The topological polar surface area (TPSA) is 38.3 Å². The van der Waals surface area contributed by atoms with Crippen molar-refractivity contribution in [1.82, 2.24) is 5.32 Å². The van der Waals surface area contributed by atoms with E-state index in [-0.39, 0.29) is 5.91 Å². The van der Waals surface area contributed by atoms with Crippen molar-refractivity contribution in [2.75, 3.05) is 6.61 Å². The lowest BCUT2D eigenvalue weighted by molar-refractivity contribution is -0.122. The minimum atomic E-state index is 0.113. The lowest BCUT2D eigenvalue weighted by atomic mass is 9.84. The molecule has 0 saturated heterocycles. The summed E-state index contributed by atoms with van der Waals surface area (Å²) in [6.45, 7) is 4.66. The first-order chi connectivity index (χ1) is 10.6. The normalized spacial score (nSPS) is 27.6. The van der Waals surface area contributed by atoms with E-state index in [1.165, 1.54) is 31.2 Å². The van der Waals surface area contributed by atoms with E-state index in [0.717, 1.165) is 17.6 Å². The van der Waals surface area contributed by atoms with Crippen LogP contribution in [0.3, 0.4) is 0 Å². The van der Waals surface area contributed by atoms with Gasteiger partial charge in [-0.15, -0.1) is 0 Å². The minimum Gasteiger partial charge on any atom is -0.493 e. The van der Waals surface area contributed by atoms with Gasteiger partial charge in [-0.2, -0.15) is 0 Å². The van der Waals surface area contributed by atoms with Crippen molar-refractivity contribution < 1.29 is 9.53 Å². The third-order valence-corrected chi connectivity index (χ3v) is 5.44. The van der Waals surface area contributed by atoms with Gasteiger partial charge in [0.25, 0.3) is 0 Å². The predicted molar refractivity (Wildman–Crippen MR) is 87.8 cm³/mol. The van der Waals surface area contributed by atoms with Crippen molar-refractivity contribution in [2.45, 2.75) is 52.0 Å². The Hall–Kier alpha value is -1.51. The van der Waals surface area contributed by atoms with Crippen LogP contribution in [0.4, 0.5) is 0 Å². The number of hydrogen-bond donors (Lipinski definition) is 1. The zero-order valence-electron chi connectivity index (χ0n) is 13.7. The molecule has 0 heterocycles. The Morgan fingerprint density at radius 2 is 2.05 bits per heavy atom. The Morgan fingerprint density at radius 1 is 1.27 bits per heavy atom. The summed E-state index contributed by atoms with van der Waals surface area (Å²) in [5.41, 5.74) is 1.21. The highest BCUT2D eigenvalue weighted by molar-refractivity contribution is 5.76. The lowest BCUT2D eigenvalue weighted by Crippen LogP contribution is -2.40. The Balaban J connectivity index is 1.38. The summed E-state index contributed by atoms with van der Waals surface area (Å²) in [5, 5.41) is 3.18. The third-order valence-electron chi connectivity index (χ3n) is 5.44. The molecule has 1 N–H and O–H groups in total. The molecule has 0 spiro atoms. The summed E-state index contributed by atoms with van der Waals surface area (Å²) in [6, 6.07) is 8.25. The molecule has 1 aromatic rings. The van der Waals surface area contributed by atoms with E-state index >= 15 is 0 Å². The number of carbonyl (C=O) groups is 1. The second-order valence-electron chi connectivity index (χ2n) is 7.11. The van der Waals surface area contributed by atoms with Gasteiger partial charge in [-0.3, -0.25) is 4.79 Å². The smallest absolute Gasteiger partial charge is 0.223 e. The molecule has 1 amide bonds. The van der Waals surface area contributed by atoms with Crippen molar-refractivity contribution in [3.63, 3.8) is 0 Å². The first kappa shape index (κ1) is 15.4. The molecule has 2 aliphatic carbocycles. The summed E-state index contributed by atoms with van der Waals surface area (Å²) in [4.78, 5) is 12.1. The number of hydrogen-bond acceptors (Lipinski definition) is 2. The highest BCUT2D eigenvalue weighted by Gasteiger charge is 2.42. The summed E-state index contributed by atoms with van der Waals surface area (Å²) < 4.78 is 5.63. The van der Waals surface area contributed by atoms with Crippen LogP contribution in [0.15, 0.2) is 24.3 Å². The summed E-state index contributed by atoms with van der Waals surface area (Å²) in [7, 11) is 0. The standard InChI is InChI=1S/C19H27NO2/c1-13-3-7-17(8-4-13)22-10-9-19(21)20-14(2)18-12-15-5-6-16(18)11-15/h3-4,7-8,14-16,18H,5-6,9-12H2,1-2H3,(H,20,21). The zero-order chi connectivity index (χ0) is 15.5. The van der Waals surface area contributed by atoms with Crippen molar-refractivity contribution >= 4 is 5.91 Å². The fraction of sp³-hybridized carbons (Fsp3) is 0.632. The largest absolute Gasteiger partial charge is 0.493 e. The molecule has 3 rings (SSSR count). The van der Waals surface area contributed by atoms with Crippen molar-refractivity contribution in [3.05, 3.63) is 29.8 Å². The molecule has 0 aliphatic heterocycles. The van der Waals surface area contributed by atoms with Crippen LogP contribution in [0.25, 0.3) is 0 Å². The highest BCUT2D eigenvalue weighted by atomic mass is 16.5. The van der Waals surface area contributed by atoms with Crippen LogP contribution >= 0.6 is 0 Å². The molecule has 3 nitrogen and oxygen atoms in total. The minimum absolute atomic E-state index is 0.113. The van der Waals surface area contributed by atoms with Gasteiger partial charge in [0.2, 0.25) is 5.91 Å². The SMILES string of the molecule is Cc1ccc(OCCC(=O)NC(C)C2CC3CCC2C3)cc1. The molecule has 2 bridgehead atoms. The van der Waals surface area contributed by atoms with Gasteiger partial charge in [-0.25, -0.2) is 0 Å². The molecule has 4 atom stereocenters. The van der Waals surface area contributed by atoms with Crippen LogP contribution in [0.5, 0.6) is 5.75 Å². The molecule has 0 radical (unpaired) electrons. The maximum absolute atomic E-state index is 12.1. The van der Waals surface area contributed by atoms with E-state index in [1.807, 2.05) is 31.2 Å². The van der Waals surface area contributed by atoms with Crippen LogP contribution in [-0.2, 0) is 4.79 Å². The predicted octanol–water partition coefficient (Wildman–Crippen LogP) is 3.70. The number of aryl methyl sites for hydroxylation is 1. The van der Waals surface area contributed by atoms with E-state index in [9.17, 15) is 4.79 Å². The molecule has 1 aromatic carbocycles. The molecule has 2 saturated carbocycles. The Bertz CT molecular complexity index is 511. The highest BCUT2D eigenvalue weighted by Crippen LogP contribution is 2.49. The average Bonchev–Trinajstić information content (AvgIpc) is 3.12. The fourth-order valence-electron chi connectivity index (χ4n) is 4.24. The third kappa shape index (κ3) is 3.63. The quantitative estimate of drug-likeness (QED) is 0.870. The fourth-order valence-corrected chi connectivity index (χ4v) is 4.24. The number of nitrogens with one attached hydrogen (secondary N) is 1. The zero-order valence-corrected chi connectivity index (χ0v) is 13.7. The number of carbonyl (C=O) groups excluding carboxylic acids is 1. The van der Waals surface area contributed by atoms with E-state index in [2.05, 4.69) is 12.2 Å². The Morgan fingerprint density at radius 3 is 2.68 bits per heavy atom. The summed E-state index contributed by atoms with van der Waals surface area (Å²) in [6.07, 6.45) is 5.91. The Labute approximate surface area is 133 Å². The molecular formula is C19H27NO2. The molecule has 2 fully saturated rings. The first-order valence-corrected chi connectivity index (χ1v) is 8.60. The van der Waals surface area contributed by atoms with Crippen LogP contribution in [0.1, 0.15) is 44.6 Å². The lowest BCUT2D eigenvalue weighted by Gasteiger charge is -2.28. The number of fused-ring (bicyclic) bond motifs is 2. The summed E-state index contributed by atoms with van der Waals surface area (Å²) >= 11 is 0. The van der Waals surface area contributed by atoms with Crippen molar-refractivity contribution in [2.24, 2.45) is 17.8 Å². The van der Waals surface area contributed by atoms with Gasteiger partial charge in [0, 0.05) is 6.04 Å². The number of amides is 1. The molecule has 0 aromatic heterocycles. The van der Waals surface area contributed by atoms with E-state index in [4.69, 9.17) is 4.74 Å². The van der Waals surface area contributed by atoms with Crippen LogP contribution in [0, 0.1) is 24.7 Å². The average molecular weight is 301 g/mol. The van der Waals surface area contributed by atoms with Gasteiger partial charge in [-0.1, -0.05) is 24.1 Å². The van der Waals surface area contributed by atoms with E-state index in [1.54, 1.807) is 0 Å². The van der Waals surface area contributed by atoms with Gasteiger partial charge < -0.3 is 10.1 Å².